The van der Waals surface area contributed by atoms with Crippen LogP contribution < -0.4 is 10.6 Å². The maximum absolute atomic E-state index is 12.0. The molecule has 0 aromatic carbocycles. The summed E-state index contributed by atoms with van der Waals surface area (Å²) >= 11 is 0. The molecule has 0 aliphatic carbocycles. The summed E-state index contributed by atoms with van der Waals surface area (Å²) in [4.78, 5) is 33.7. The van der Waals surface area contributed by atoms with E-state index in [0.29, 0.717) is 6.42 Å². The van der Waals surface area contributed by atoms with Crippen molar-refractivity contribution in [2.24, 2.45) is 0 Å². The predicted molar refractivity (Wildman–Crippen MR) is 121 cm³/mol. The molecule has 0 saturated heterocycles. The molecule has 0 aliphatic heterocycles. The molecular formula is C23H44N2O6. The molecule has 0 saturated carbocycles. The first kappa shape index (κ1) is 29.3. The molecule has 0 rings (SSSR count). The van der Waals surface area contributed by atoms with Crippen LogP contribution in [0, 0.1) is 0 Å². The van der Waals surface area contributed by atoms with Crippen LogP contribution in [0.25, 0.3) is 0 Å². The van der Waals surface area contributed by atoms with Crippen LogP contribution in [0.1, 0.15) is 110 Å². The number of aliphatic hydroxyl groups excluding tert-OH is 1. The number of rotatable bonds is 22. The third-order valence-corrected chi connectivity index (χ3v) is 5.36. The zero-order valence-corrected chi connectivity index (χ0v) is 19.2. The van der Waals surface area contributed by atoms with Gasteiger partial charge in [-0.3, -0.25) is 14.9 Å². The third kappa shape index (κ3) is 20.0. The molecule has 0 fully saturated rings. The minimum atomic E-state index is -1.16. The van der Waals surface area contributed by atoms with Crippen molar-refractivity contribution < 1.29 is 29.7 Å². The largest absolute Gasteiger partial charge is 0.480 e. The van der Waals surface area contributed by atoms with Crippen LogP contribution in [0.15, 0.2) is 0 Å². The molecule has 8 heteroatoms. The highest BCUT2D eigenvalue weighted by molar-refractivity contribution is 5.83. The van der Waals surface area contributed by atoms with Gasteiger partial charge in [0.05, 0.1) is 6.54 Å². The van der Waals surface area contributed by atoms with Gasteiger partial charge in [0.15, 0.2) is 0 Å². The topological polar surface area (TPSA) is 136 Å². The molecule has 2 atom stereocenters. The van der Waals surface area contributed by atoms with Crippen molar-refractivity contribution in [3.05, 3.63) is 0 Å². The number of hydrogen-bond donors (Lipinski definition) is 5. The zero-order chi connectivity index (χ0) is 23.3. The fraction of sp³-hybridized carbons (Fsp3) is 0.870. The molecule has 1 amide bonds. The molecule has 0 aliphatic rings. The van der Waals surface area contributed by atoms with Crippen molar-refractivity contribution in [3.63, 3.8) is 0 Å². The molecule has 0 radical (unpaired) electrons. The van der Waals surface area contributed by atoms with Crippen molar-refractivity contribution in [1.29, 1.82) is 0 Å². The van der Waals surface area contributed by atoms with Crippen molar-refractivity contribution in [2.75, 3.05) is 6.54 Å². The highest BCUT2D eigenvalue weighted by Crippen LogP contribution is 2.13. The summed E-state index contributed by atoms with van der Waals surface area (Å²) in [5.74, 6) is -2.58. The number of carboxylic acid groups (broad SMARTS) is 2. The molecule has 0 aromatic rings. The predicted octanol–water partition coefficient (Wildman–Crippen LogP) is 3.81. The van der Waals surface area contributed by atoms with Crippen LogP contribution in [-0.4, -0.2) is 52.0 Å². The summed E-state index contributed by atoms with van der Waals surface area (Å²) in [6.07, 6.45) is 15.1. The molecule has 5 N–H and O–H groups in total. The maximum Gasteiger partial charge on any atom is 0.326 e. The van der Waals surface area contributed by atoms with Gasteiger partial charge in [-0.05, 0) is 19.3 Å². The fourth-order valence-corrected chi connectivity index (χ4v) is 3.46. The normalized spacial score (nSPS) is 13.0. The first-order valence-corrected chi connectivity index (χ1v) is 12.0. The standard InChI is InChI=1S/C23H44N2O6/c1-2-3-4-5-6-7-8-9-10-11-12-13-14-15-21(27)25-19(23(30)31)16-17-20(26)24-18-22(28)29/h19-20,24,26H,2-18H2,1H3,(H,25,27)(H,28,29)(H,30,31)/t19-,20?/m1/s1. The second kappa shape index (κ2) is 20.2. The highest BCUT2D eigenvalue weighted by Gasteiger charge is 2.21. The first-order valence-electron chi connectivity index (χ1n) is 12.0. The molecule has 0 bridgehead atoms. The van der Waals surface area contributed by atoms with Gasteiger partial charge < -0.3 is 20.6 Å². The number of aliphatic hydroxyl groups is 1. The van der Waals surface area contributed by atoms with Crippen molar-refractivity contribution in [1.82, 2.24) is 10.6 Å². The molecule has 0 aromatic heterocycles. The molecule has 0 spiro atoms. The highest BCUT2D eigenvalue weighted by atomic mass is 16.4. The van der Waals surface area contributed by atoms with E-state index in [1.54, 1.807) is 0 Å². The van der Waals surface area contributed by atoms with E-state index in [4.69, 9.17) is 5.11 Å². The van der Waals surface area contributed by atoms with E-state index in [-0.39, 0.29) is 18.7 Å². The lowest BCUT2D eigenvalue weighted by atomic mass is 10.0. The van der Waals surface area contributed by atoms with Crippen LogP contribution >= 0.6 is 0 Å². The van der Waals surface area contributed by atoms with Crippen molar-refractivity contribution >= 4 is 17.8 Å². The van der Waals surface area contributed by atoms with E-state index < -0.39 is 30.8 Å². The summed E-state index contributed by atoms with van der Waals surface area (Å²) in [6, 6.07) is -1.09. The average molecular weight is 445 g/mol. The van der Waals surface area contributed by atoms with Crippen LogP contribution in [0.5, 0.6) is 0 Å². The van der Waals surface area contributed by atoms with Gasteiger partial charge in [0.25, 0.3) is 0 Å². The number of nitrogens with one attached hydrogen (secondary N) is 2. The van der Waals surface area contributed by atoms with E-state index in [0.717, 1.165) is 19.3 Å². The molecule has 31 heavy (non-hydrogen) atoms. The van der Waals surface area contributed by atoms with E-state index >= 15 is 0 Å². The van der Waals surface area contributed by atoms with E-state index in [2.05, 4.69) is 17.6 Å². The van der Waals surface area contributed by atoms with Gasteiger partial charge in [0, 0.05) is 6.42 Å². The second-order valence-corrected chi connectivity index (χ2v) is 8.32. The SMILES string of the molecule is CCCCCCCCCCCCCCCC(=O)N[C@H](CCC(O)NCC(=O)O)C(=O)O. The van der Waals surface area contributed by atoms with Gasteiger partial charge in [0.1, 0.15) is 12.3 Å². The van der Waals surface area contributed by atoms with Gasteiger partial charge in [-0.2, -0.15) is 0 Å². The first-order chi connectivity index (χ1) is 14.9. The Morgan fingerprint density at radius 3 is 1.68 bits per heavy atom. The number of unbranched alkanes of at least 4 members (excludes halogenated alkanes) is 12. The molecule has 8 nitrogen and oxygen atoms in total. The molecular weight excluding hydrogens is 400 g/mol. The molecule has 1 unspecified atom stereocenters. The van der Waals surface area contributed by atoms with Crippen molar-refractivity contribution in [2.45, 2.75) is 122 Å². The molecule has 0 heterocycles. The lowest BCUT2D eigenvalue weighted by Gasteiger charge is -2.17. The minimum absolute atomic E-state index is 0.0213. The Hall–Kier alpha value is -1.67. The number of carboxylic acids is 2. The number of carbonyl (C=O) groups is 3. The smallest absolute Gasteiger partial charge is 0.326 e. The minimum Gasteiger partial charge on any atom is -0.480 e. The Labute approximate surface area is 187 Å². The lowest BCUT2D eigenvalue weighted by molar-refractivity contribution is -0.142. The fourth-order valence-electron chi connectivity index (χ4n) is 3.46. The Kier molecular flexibility index (Phi) is 19.2. The van der Waals surface area contributed by atoms with E-state index in [1.165, 1.54) is 64.2 Å². The maximum atomic E-state index is 12.0. The van der Waals surface area contributed by atoms with Gasteiger partial charge in [-0.15, -0.1) is 0 Å². The van der Waals surface area contributed by atoms with Crippen LogP contribution in [0.2, 0.25) is 0 Å². The number of aliphatic carboxylic acids is 2. The Morgan fingerprint density at radius 2 is 1.23 bits per heavy atom. The summed E-state index contributed by atoms with van der Waals surface area (Å²) in [7, 11) is 0. The van der Waals surface area contributed by atoms with E-state index in [1.807, 2.05) is 0 Å². The molecule has 182 valence electrons. The monoisotopic (exact) mass is 444 g/mol. The quantitative estimate of drug-likeness (QED) is 0.126. The average Bonchev–Trinajstić information content (AvgIpc) is 2.72. The number of carbonyl (C=O) groups excluding carboxylic acids is 1. The number of amides is 1. The summed E-state index contributed by atoms with van der Waals surface area (Å²) < 4.78 is 0. The van der Waals surface area contributed by atoms with E-state index in [9.17, 15) is 24.6 Å². The second-order valence-electron chi connectivity index (χ2n) is 8.32. The zero-order valence-electron chi connectivity index (χ0n) is 19.2. The Bertz CT molecular complexity index is 487. The third-order valence-electron chi connectivity index (χ3n) is 5.36. The Balaban J connectivity index is 3.70. The lowest BCUT2D eigenvalue weighted by Crippen LogP contribution is -2.42. The van der Waals surface area contributed by atoms with Crippen LogP contribution in [0.4, 0.5) is 0 Å². The number of hydrogen-bond acceptors (Lipinski definition) is 5. The summed E-state index contributed by atoms with van der Waals surface area (Å²) in [6.45, 7) is 1.82. The van der Waals surface area contributed by atoms with Gasteiger partial charge in [0.2, 0.25) is 5.91 Å². The van der Waals surface area contributed by atoms with Crippen molar-refractivity contribution in [3.8, 4) is 0 Å². The summed E-state index contributed by atoms with van der Waals surface area (Å²) in [5.41, 5.74) is 0. The van der Waals surface area contributed by atoms with Crippen LogP contribution in [-0.2, 0) is 14.4 Å². The van der Waals surface area contributed by atoms with Gasteiger partial charge in [-0.25, -0.2) is 4.79 Å². The van der Waals surface area contributed by atoms with Gasteiger partial charge in [-0.1, -0.05) is 84.0 Å². The van der Waals surface area contributed by atoms with Crippen LogP contribution in [0.3, 0.4) is 0 Å². The summed E-state index contributed by atoms with van der Waals surface area (Å²) in [5, 5.41) is 32.2. The Morgan fingerprint density at radius 1 is 0.742 bits per heavy atom. The van der Waals surface area contributed by atoms with Gasteiger partial charge >= 0.3 is 11.9 Å².